The maximum atomic E-state index is 12.4. The number of benzene rings is 1. The van der Waals surface area contributed by atoms with E-state index in [-0.39, 0.29) is 22.5 Å². The number of alkyl halides is 3. The number of nitriles is 1. The van der Waals surface area contributed by atoms with Crippen LogP contribution in [0.25, 0.3) is 11.3 Å². The van der Waals surface area contributed by atoms with Crippen molar-refractivity contribution in [1.82, 2.24) is 4.98 Å². The number of para-hydroxylation sites is 1. The van der Waals surface area contributed by atoms with Crippen molar-refractivity contribution in [2.45, 2.75) is 6.36 Å². The Labute approximate surface area is 112 Å². The van der Waals surface area contributed by atoms with Gasteiger partial charge < -0.3 is 10.5 Å². The lowest BCUT2D eigenvalue weighted by atomic mass is 10.1. The first-order chi connectivity index (χ1) is 9.40. The van der Waals surface area contributed by atoms with E-state index in [9.17, 15) is 13.2 Å². The van der Waals surface area contributed by atoms with Crippen molar-refractivity contribution in [2.24, 2.45) is 0 Å². The highest BCUT2D eigenvalue weighted by atomic mass is 19.4. The minimum Gasteiger partial charge on any atom is -0.405 e. The van der Waals surface area contributed by atoms with Gasteiger partial charge in [-0.1, -0.05) is 12.1 Å². The Kier molecular flexibility index (Phi) is 3.48. The Bertz CT molecular complexity index is 677. The van der Waals surface area contributed by atoms with Crippen molar-refractivity contribution in [3.05, 3.63) is 42.1 Å². The summed E-state index contributed by atoms with van der Waals surface area (Å²) in [4.78, 5) is 3.92. The van der Waals surface area contributed by atoms with Crippen LogP contribution < -0.4 is 10.5 Å². The van der Waals surface area contributed by atoms with Gasteiger partial charge in [0.15, 0.2) is 0 Å². The van der Waals surface area contributed by atoms with Crippen LogP contribution in [0.1, 0.15) is 5.56 Å². The highest BCUT2D eigenvalue weighted by Crippen LogP contribution is 2.34. The molecule has 0 radical (unpaired) electrons. The van der Waals surface area contributed by atoms with Gasteiger partial charge in [0, 0.05) is 5.56 Å². The number of aromatic nitrogens is 1. The number of rotatable bonds is 2. The molecule has 0 atom stereocenters. The molecule has 0 aliphatic carbocycles. The molecule has 0 saturated carbocycles. The summed E-state index contributed by atoms with van der Waals surface area (Å²) in [5, 5.41) is 9.02. The van der Waals surface area contributed by atoms with Crippen LogP contribution in [0.15, 0.2) is 36.5 Å². The van der Waals surface area contributed by atoms with E-state index in [1.807, 2.05) is 6.07 Å². The first-order valence-electron chi connectivity index (χ1n) is 5.41. The molecule has 4 nitrogen and oxygen atoms in total. The molecule has 7 heteroatoms. The van der Waals surface area contributed by atoms with Gasteiger partial charge in [0.25, 0.3) is 0 Å². The Hall–Kier alpha value is -2.75. The van der Waals surface area contributed by atoms with Gasteiger partial charge in [0.2, 0.25) is 0 Å². The van der Waals surface area contributed by atoms with Gasteiger partial charge in [-0.3, -0.25) is 4.98 Å². The lowest BCUT2D eigenvalue weighted by Crippen LogP contribution is -2.17. The fourth-order valence-corrected chi connectivity index (χ4v) is 1.66. The molecule has 0 aliphatic heterocycles. The molecule has 0 fully saturated rings. The quantitative estimate of drug-likeness (QED) is 0.916. The first kappa shape index (κ1) is 13.7. The minimum absolute atomic E-state index is 0.0707. The molecule has 0 saturated heterocycles. The molecule has 1 heterocycles. The van der Waals surface area contributed by atoms with E-state index < -0.39 is 12.1 Å². The van der Waals surface area contributed by atoms with Crippen LogP contribution in [-0.2, 0) is 0 Å². The SMILES string of the molecule is N#Cc1cc(N)cnc1-c1ccccc1OC(F)(F)F. The molecular formula is C13H8F3N3O. The topological polar surface area (TPSA) is 71.9 Å². The first-order valence-corrected chi connectivity index (χ1v) is 5.41. The summed E-state index contributed by atoms with van der Waals surface area (Å²) in [6.07, 6.45) is -3.56. The largest absolute Gasteiger partial charge is 0.573 e. The van der Waals surface area contributed by atoms with Gasteiger partial charge in [0.1, 0.15) is 11.8 Å². The molecule has 0 unspecified atom stereocenters. The van der Waals surface area contributed by atoms with Gasteiger partial charge in [-0.2, -0.15) is 5.26 Å². The standard InChI is InChI=1S/C13H8F3N3O/c14-13(15,16)20-11-4-2-1-3-10(11)12-8(6-17)5-9(18)7-19-12/h1-5,7H,18H2. The van der Waals surface area contributed by atoms with Crippen molar-refractivity contribution in [3.63, 3.8) is 0 Å². The Balaban J connectivity index is 2.57. The molecule has 0 spiro atoms. The van der Waals surface area contributed by atoms with Crippen molar-refractivity contribution >= 4 is 5.69 Å². The third-order valence-electron chi connectivity index (χ3n) is 2.40. The molecule has 2 aromatic rings. The zero-order valence-electron chi connectivity index (χ0n) is 9.98. The average Bonchev–Trinajstić information content (AvgIpc) is 2.38. The highest BCUT2D eigenvalue weighted by molar-refractivity contribution is 5.73. The van der Waals surface area contributed by atoms with Crippen LogP contribution in [0.2, 0.25) is 0 Å². The number of anilines is 1. The van der Waals surface area contributed by atoms with E-state index in [2.05, 4.69) is 9.72 Å². The predicted octanol–water partition coefficient (Wildman–Crippen LogP) is 3.10. The van der Waals surface area contributed by atoms with E-state index in [4.69, 9.17) is 11.0 Å². The number of halogens is 3. The Morgan fingerprint density at radius 3 is 2.60 bits per heavy atom. The molecule has 0 aliphatic rings. The van der Waals surface area contributed by atoms with Crippen molar-refractivity contribution in [3.8, 4) is 23.1 Å². The average molecular weight is 279 g/mol. The molecule has 0 bridgehead atoms. The fourth-order valence-electron chi connectivity index (χ4n) is 1.66. The number of nitrogens with two attached hydrogens (primary N) is 1. The summed E-state index contributed by atoms with van der Waals surface area (Å²) in [7, 11) is 0. The number of pyridine rings is 1. The number of nitrogens with zero attached hydrogens (tertiary/aromatic N) is 2. The predicted molar refractivity (Wildman–Crippen MR) is 65.5 cm³/mol. The number of hydrogen-bond donors (Lipinski definition) is 1. The lowest BCUT2D eigenvalue weighted by Gasteiger charge is -2.13. The van der Waals surface area contributed by atoms with Crippen LogP contribution in [0.5, 0.6) is 5.75 Å². The summed E-state index contributed by atoms with van der Waals surface area (Å²) in [6.45, 7) is 0. The smallest absolute Gasteiger partial charge is 0.405 e. The zero-order chi connectivity index (χ0) is 14.8. The molecule has 2 N–H and O–H groups in total. The Morgan fingerprint density at radius 1 is 1.25 bits per heavy atom. The van der Waals surface area contributed by atoms with Crippen LogP contribution in [0.3, 0.4) is 0 Å². The molecule has 2 rings (SSSR count). The second-order valence-electron chi connectivity index (χ2n) is 3.82. The summed E-state index contributed by atoms with van der Waals surface area (Å²) in [5.74, 6) is -0.422. The van der Waals surface area contributed by atoms with Crippen molar-refractivity contribution in [1.29, 1.82) is 5.26 Å². The maximum Gasteiger partial charge on any atom is 0.573 e. The van der Waals surface area contributed by atoms with Crippen LogP contribution in [0.4, 0.5) is 18.9 Å². The third kappa shape index (κ3) is 2.98. The molecular weight excluding hydrogens is 271 g/mol. The number of ether oxygens (including phenoxy) is 1. The normalized spacial score (nSPS) is 10.9. The van der Waals surface area contributed by atoms with E-state index in [1.54, 1.807) is 0 Å². The zero-order valence-corrected chi connectivity index (χ0v) is 9.98. The number of nitrogen functional groups attached to an aromatic ring is 1. The summed E-state index contributed by atoms with van der Waals surface area (Å²) in [5.41, 5.74) is 5.97. The lowest BCUT2D eigenvalue weighted by molar-refractivity contribution is -0.274. The monoisotopic (exact) mass is 279 g/mol. The maximum absolute atomic E-state index is 12.4. The van der Waals surface area contributed by atoms with Crippen LogP contribution >= 0.6 is 0 Å². The second kappa shape index (κ2) is 5.09. The summed E-state index contributed by atoms with van der Waals surface area (Å²) >= 11 is 0. The summed E-state index contributed by atoms with van der Waals surface area (Å²) < 4.78 is 41.0. The molecule has 0 amide bonds. The molecule has 20 heavy (non-hydrogen) atoms. The molecule has 1 aromatic heterocycles. The minimum atomic E-state index is -4.82. The number of hydrogen-bond acceptors (Lipinski definition) is 4. The van der Waals surface area contributed by atoms with Crippen molar-refractivity contribution < 1.29 is 17.9 Å². The van der Waals surface area contributed by atoms with Gasteiger partial charge in [-0.25, -0.2) is 0 Å². The highest BCUT2D eigenvalue weighted by Gasteiger charge is 2.32. The van der Waals surface area contributed by atoms with E-state index in [0.29, 0.717) is 0 Å². The van der Waals surface area contributed by atoms with Gasteiger partial charge in [-0.05, 0) is 18.2 Å². The van der Waals surface area contributed by atoms with Crippen molar-refractivity contribution in [2.75, 3.05) is 5.73 Å². The van der Waals surface area contributed by atoms with Crippen LogP contribution in [0, 0.1) is 11.3 Å². The third-order valence-corrected chi connectivity index (χ3v) is 2.40. The second-order valence-corrected chi connectivity index (χ2v) is 3.82. The van der Waals surface area contributed by atoms with Gasteiger partial charge in [-0.15, -0.1) is 13.2 Å². The van der Waals surface area contributed by atoms with Crippen LogP contribution in [-0.4, -0.2) is 11.3 Å². The van der Waals surface area contributed by atoms with Gasteiger partial charge in [0.05, 0.1) is 23.1 Å². The molecule has 102 valence electrons. The fraction of sp³-hybridized carbons (Fsp3) is 0.0769. The van der Waals surface area contributed by atoms with E-state index in [1.165, 1.54) is 30.5 Å². The Morgan fingerprint density at radius 2 is 1.95 bits per heavy atom. The molecule has 1 aromatic carbocycles. The van der Waals surface area contributed by atoms with E-state index in [0.717, 1.165) is 6.07 Å². The van der Waals surface area contributed by atoms with Gasteiger partial charge >= 0.3 is 6.36 Å². The van der Waals surface area contributed by atoms with E-state index >= 15 is 0 Å². The summed E-state index contributed by atoms with van der Waals surface area (Å²) in [6, 6.07) is 8.65.